The van der Waals surface area contributed by atoms with Crippen LogP contribution >= 0.6 is 0 Å². The number of aromatic hydroxyl groups is 1. The van der Waals surface area contributed by atoms with E-state index in [1.165, 1.54) is 31.1 Å². The van der Waals surface area contributed by atoms with E-state index in [2.05, 4.69) is 0 Å². The van der Waals surface area contributed by atoms with Crippen molar-refractivity contribution in [3.05, 3.63) is 29.3 Å². The Kier molecular flexibility index (Phi) is 8.20. The fraction of sp³-hybridized carbons (Fsp3) is 0.571. The Hall–Kier alpha value is -3.52. The maximum absolute atomic E-state index is 14.1. The molecule has 13 heteroatoms. The van der Waals surface area contributed by atoms with Crippen LogP contribution in [0.2, 0.25) is 0 Å². The molecule has 1 aromatic rings. The first-order valence-electron chi connectivity index (χ1n) is 13.4. The van der Waals surface area contributed by atoms with Crippen LogP contribution in [-0.4, -0.2) is 98.5 Å². The van der Waals surface area contributed by atoms with Gasteiger partial charge < -0.3 is 30.9 Å². The number of esters is 1. The number of aliphatic hydroxyl groups is 2. The molecule has 13 nitrogen and oxygen atoms in total. The van der Waals surface area contributed by atoms with E-state index in [1.54, 1.807) is 13.0 Å². The van der Waals surface area contributed by atoms with Crippen molar-refractivity contribution in [2.24, 2.45) is 29.4 Å². The minimum absolute atomic E-state index is 0.140. The van der Waals surface area contributed by atoms with E-state index in [0.717, 1.165) is 0 Å². The molecular formula is C28H34N2O11. The Labute approximate surface area is 235 Å². The number of fused-ring (bicyclic) bond motifs is 3. The van der Waals surface area contributed by atoms with Crippen LogP contribution in [0.3, 0.4) is 0 Å². The minimum atomic E-state index is -3.04. The molecule has 2 saturated carbocycles. The summed E-state index contributed by atoms with van der Waals surface area (Å²) in [5.74, 6) is -13.9. The second kappa shape index (κ2) is 11.0. The summed E-state index contributed by atoms with van der Waals surface area (Å²) in [7, 11) is 2.89. The number of phenolic OH excluding ortho intramolecular Hbond substituents is 1. The number of nitrogens with zero attached hydrogens (tertiary/aromatic N) is 1. The third-order valence-corrected chi connectivity index (χ3v) is 8.71. The highest BCUT2D eigenvalue weighted by Crippen LogP contribution is 2.55. The maximum Gasteiger partial charge on any atom is 0.306 e. The van der Waals surface area contributed by atoms with Gasteiger partial charge in [0.15, 0.2) is 28.7 Å². The van der Waals surface area contributed by atoms with Gasteiger partial charge in [0.1, 0.15) is 24.0 Å². The van der Waals surface area contributed by atoms with Crippen molar-refractivity contribution in [1.29, 1.82) is 0 Å². The monoisotopic (exact) mass is 574 g/mol. The lowest BCUT2D eigenvalue weighted by atomic mass is 9.49. The van der Waals surface area contributed by atoms with Crippen molar-refractivity contribution in [2.45, 2.75) is 62.5 Å². The molecule has 0 heterocycles. The highest BCUT2D eigenvalue weighted by Gasteiger charge is 2.73. The normalized spacial score (nSPS) is 33.6. The molecule has 3 aliphatic rings. The largest absolute Gasteiger partial charge is 0.507 e. The lowest BCUT2D eigenvalue weighted by molar-refractivity contribution is -0.207. The first-order chi connectivity index (χ1) is 19.2. The zero-order chi connectivity index (χ0) is 30.5. The molecule has 0 bridgehead atoms. The predicted octanol–water partition coefficient (Wildman–Crippen LogP) is -0.613. The SMILES string of the molecule is C[C@H]1c2cccc(O)c2C(=O)C2C(=O)[C@]3(O)C(=O)C(C(N)O)C(=O)[C@@H](N(C)C)[C@@H]3[C@@H](OC(=O)CCCCC(=O)O)[C@@H]21. The fourth-order valence-corrected chi connectivity index (χ4v) is 6.91. The van der Waals surface area contributed by atoms with Crippen LogP contribution < -0.4 is 5.73 Å². The lowest BCUT2D eigenvalue weighted by Gasteiger charge is -2.57. The number of ketones is 4. The zero-order valence-electron chi connectivity index (χ0n) is 22.9. The number of benzene rings is 1. The number of aliphatic hydroxyl groups excluding tert-OH is 1. The molecule has 0 amide bonds. The Morgan fingerprint density at radius 3 is 2.32 bits per heavy atom. The number of hydrogen-bond donors (Lipinski definition) is 5. The Morgan fingerprint density at radius 2 is 1.73 bits per heavy atom. The summed E-state index contributed by atoms with van der Waals surface area (Å²) in [6, 6.07) is 2.91. The molecule has 0 saturated heterocycles. The Morgan fingerprint density at radius 1 is 1.10 bits per heavy atom. The van der Waals surface area contributed by atoms with E-state index in [4.69, 9.17) is 15.6 Å². The first-order valence-corrected chi connectivity index (χ1v) is 13.4. The number of carbonyl (C=O) groups is 6. The van der Waals surface area contributed by atoms with E-state index in [1.807, 2.05) is 0 Å². The van der Waals surface area contributed by atoms with Crippen LogP contribution in [0.15, 0.2) is 18.2 Å². The summed E-state index contributed by atoms with van der Waals surface area (Å²) in [5.41, 5.74) is 2.72. The number of hydrogen-bond acceptors (Lipinski definition) is 12. The fourth-order valence-electron chi connectivity index (χ4n) is 6.91. The van der Waals surface area contributed by atoms with Gasteiger partial charge in [0.05, 0.1) is 23.4 Å². The molecule has 0 spiro atoms. The number of carbonyl (C=O) groups excluding carboxylic acids is 5. The summed E-state index contributed by atoms with van der Waals surface area (Å²) in [6.45, 7) is 1.65. The van der Waals surface area contributed by atoms with E-state index >= 15 is 0 Å². The van der Waals surface area contributed by atoms with Crippen LogP contribution in [0.1, 0.15) is 54.4 Å². The molecule has 0 radical (unpaired) electrons. The molecule has 3 unspecified atom stereocenters. The van der Waals surface area contributed by atoms with Crippen LogP contribution in [0, 0.1) is 23.7 Å². The van der Waals surface area contributed by atoms with E-state index in [9.17, 15) is 44.1 Å². The number of aliphatic carboxylic acids is 1. The molecule has 0 aromatic heterocycles. The highest BCUT2D eigenvalue weighted by molar-refractivity contribution is 6.27. The topological polar surface area (TPSA) is 222 Å². The van der Waals surface area contributed by atoms with Gasteiger partial charge in [0.2, 0.25) is 0 Å². The van der Waals surface area contributed by atoms with Gasteiger partial charge in [-0.2, -0.15) is 0 Å². The van der Waals surface area contributed by atoms with Crippen molar-refractivity contribution < 1.29 is 53.9 Å². The van der Waals surface area contributed by atoms with Gasteiger partial charge in [-0.15, -0.1) is 0 Å². The summed E-state index contributed by atoms with van der Waals surface area (Å²) < 4.78 is 5.85. The van der Waals surface area contributed by atoms with Gasteiger partial charge in [-0.05, 0) is 44.5 Å². The summed E-state index contributed by atoms with van der Waals surface area (Å²) >= 11 is 0. The average Bonchev–Trinajstić information content (AvgIpc) is 2.88. The standard InChI is InChI=1S/C28H34N2O11/c1-11-12-7-6-8-13(31)17(12)22(35)18-16(11)24(41-15(34)10-5-4-9-14(32)33)20-21(30(2)3)23(36)19(27(29)39)26(38)28(20,40)25(18)37/h6-8,11,16,18-21,24,27,31,39-40H,4-5,9-10,29H2,1-3H3,(H,32,33)/t11-,16+,18?,19?,20+,21-,24-,27?,28-/m0/s1. The highest BCUT2D eigenvalue weighted by atomic mass is 16.5. The molecule has 1 aromatic carbocycles. The number of unbranched alkanes of at least 4 members (excludes halogenated alkanes) is 1. The van der Waals surface area contributed by atoms with Gasteiger partial charge in [-0.1, -0.05) is 19.1 Å². The second-order valence-electron chi connectivity index (χ2n) is 11.3. The number of ether oxygens (including phenoxy) is 1. The average molecular weight is 575 g/mol. The molecule has 41 heavy (non-hydrogen) atoms. The second-order valence-corrected chi connectivity index (χ2v) is 11.3. The molecule has 3 aliphatic carbocycles. The third kappa shape index (κ3) is 4.76. The zero-order valence-corrected chi connectivity index (χ0v) is 22.9. The van der Waals surface area contributed by atoms with Crippen molar-refractivity contribution >= 4 is 35.1 Å². The van der Waals surface area contributed by atoms with E-state index < -0.39 is 94.4 Å². The van der Waals surface area contributed by atoms with Gasteiger partial charge in [-0.3, -0.25) is 33.7 Å². The summed E-state index contributed by atoms with van der Waals surface area (Å²) in [4.78, 5) is 80.4. The van der Waals surface area contributed by atoms with Gasteiger partial charge in [0, 0.05) is 18.8 Å². The van der Waals surface area contributed by atoms with E-state index in [0.29, 0.717) is 5.56 Å². The van der Waals surface area contributed by atoms with Crippen LogP contribution in [0.25, 0.3) is 0 Å². The number of likely N-dealkylation sites (N-methyl/N-ethyl adjacent to an activating group) is 1. The molecule has 2 fully saturated rings. The maximum atomic E-state index is 14.1. The number of carboxylic acids is 1. The van der Waals surface area contributed by atoms with Crippen molar-refractivity contribution in [2.75, 3.05) is 14.1 Å². The number of rotatable bonds is 8. The third-order valence-electron chi connectivity index (χ3n) is 8.71. The van der Waals surface area contributed by atoms with Crippen molar-refractivity contribution in [1.82, 2.24) is 4.90 Å². The lowest BCUT2D eigenvalue weighted by Crippen LogP contribution is -2.78. The molecule has 6 N–H and O–H groups in total. The number of Topliss-reactive ketones (excluding diaryl/α,β-unsaturated/α-hetero) is 4. The number of carboxylic acid groups (broad SMARTS) is 1. The predicted molar refractivity (Wildman–Crippen MR) is 138 cm³/mol. The van der Waals surface area contributed by atoms with Crippen LogP contribution in [-0.2, 0) is 28.7 Å². The van der Waals surface area contributed by atoms with Gasteiger partial charge in [0.25, 0.3) is 0 Å². The Bertz CT molecular complexity index is 1310. The summed E-state index contributed by atoms with van der Waals surface area (Å²) in [5, 5.41) is 41.5. The van der Waals surface area contributed by atoms with Gasteiger partial charge in [-0.25, -0.2) is 0 Å². The molecule has 0 aliphatic heterocycles. The van der Waals surface area contributed by atoms with E-state index in [-0.39, 0.29) is 31.2 Å². The molecule has 9 atom stereocenters. The molecule has 222 valence electrons. The van der Waals surface area contributed by atoms with Crippen LogP contribution in [0.4, 0.5) is 0 Å². The smallest absolute Gasteiger partial charge is 0.306 e. The van der Waals surface area contributed by atoms with Crippen LogP contribution in [0.5, 0.6) is 5.75 Å². The minimum Gasteiger partial charge on any atom is -0.507 e. The quantitative estimate of drug-likeness (QED) is 0.113. The summed E-state index contributed by atoms with van der Waals surface area (Å²) in [6.07, 6.45) is -3.69. The van der Waals surface area contributed by atoms with Gasteiger partial charge >= 0.3 is 11.9 Å². The number of phenols is 1. The number of nitrogens with two attached hydrogens (primary N) is 1. The molecular weight excluding hydrogens is 540 g/mol. The van der Waals surface area contributed by atoms with Crippen molar-refractivity contribution in [3.63, 3.8) is 0 Å². The Balaban J connectivity index is 1.89. The first kappa shape index (κ1) is 30.4. The molecule has 4 rings (SSSR count). The van der Waals surface area contributed by atoms with Crippen molar-refractivity contribution in [3.8, 4) is 5.75 Å².